The molecule has 0 saturated heterocycles. The monoisotopic (exact) mass is 296 g/mol. The second-order valence-corrected chi connectivity index (χ2v) is 5.70. The molecular weight excluding hydrogens is 276 g/mol. The first-order valence-electron chi connectivity index (χ1n) is 7.61. The summed E-state index contributed by atoms with van der Waals surface area (Å²) in [5.74, 6) is -0.151. The van der Waals surface area contributed by atoms with Gasteiger partial charge in [0.15, 0.2) is 0 Å². The molecule has 114 valence electrons. The van der Waals surface area contributed by atoms with Crippen molar-refractivity contribution in [2.75, 3.05) is 0 Å². The van der Waals surface area contributed by atoms with Crippen LogP contribution in [0.3, 0.4) is 0 Å². The lowest BCUT2D eigenvalue weighted by atomic mass is 9.86. The summed E-state index contributed by atoms with van der Waals surface area (Å²) in [6, 6.07) is 9.79. The zero-order chi connectivity index (χ0) is 15.4. The number of nitrogens with zero attached hydrogens (tertiary/aromatic N) is 2. The lowest BCUT2D eigenvalue weighted by molar-refractivity contribution is -0.150. The summed E-state index contributed by atoms with van der Waals surface area (Å²) < 4.78 is 7.26. The first-order chi connectivity index (χ1) is 10.7. The molecular formula is C18H20N2O2. The van der Waals surface area contributed by atoms with E-state index in [0.717, 1.165) is 30.4 Å². The van der Waals surface area contributed by atoms with Gasteiger partial charge in [0, 0.05) is 18.8 Å². The van der Waals surface area contributed by atoms with E-state index in [2.05, 4.69) is 11.2 Å². The molecule has 0 fully saturated rings. The molecule has 0 saturated carbocycles. The van der Waals surface area contributed by atoms with Gasteiger partial charge in [0.2, 0.25) is 0 Å². The average molecular weight is 296 g/mol. The topological polar surface area (TPSA) is 44.1 Å². The normalized spacial score (nSPS) is 17.9. The molecule has 1 aliphatic rings. The van der Waals surface area contributed by atoms with E-state index >= 15 is 0 Å². The highest BCUT2D eigenvalue weighted by Gasteiger charge is 2.25. The predicted molar refractivity (Wildman–Crippen MR) is 84.8 cm³/mol. The number of aromatic nitrogens is 2. The van der Waals surface area contributed by atoms with Crippen molar-refractivity contribution in [3.05, 3.63) is 59.9 Å². The number of rotatable bonds is 4. The number of hydrogen-bond acceptors (Lipinski definition) is 3. The Hall–Kier alpha value is -2.36. The van der Waals surface area contributed by atoms with E-state index in [-0.39, 0.29) is 11.9 Å². The molecule has 3 rings (SSSR count). The first-order valence-corrected chi connectivity index (χ1v) is 7.61. The molecule has 1 unspecified atom stereocenters. The van der Waals surface area contributed by atoms with Crippen LogP contribution in [0.1, 0.15) is 30.4 Å². The molecule has 0 bridgehead atoms. The van der Waals surface area contributed by atoms with Crippen LogP contribution in [-0.4, -0.2) is 15.7 Å². The van der Waals surface area contributed by atoms with Crippen molar-refractivity contribution >= 4 is 11.5 Å². The molecule has 1 aromatic heterocycles. The number of carbonyl (C=O) groups excluding carboxylic acids is 1. The third-order valence-electron chi connectivity index (χ3n) is 4.01. The van der Waals surface area contributed by atoms with Crippen LogP contribution in [0, 0.1) is 5.92 Å². The summed E-state index contributed by atoms with van der Waals surface area (Å²) in [7, 11) is 1.90. The SMILES string of the molecule is Cn1cc(C2=CCCC(C(=O)OCc3ccccc3)C2)cn1. The number of hydrogen-bond donors (Lipinski definition) is 0. The summed E-state index contributed by atoms with van der Waals surface area (Å²) in [5, 5.41) is 4.20. The molecule has 1 atom stereocenters. The second-order valence-electron chi connectivity index (χ2n) is 5.70. The number of allylic oxidation sites excluding steroid dienone is 2. The molecule has 1 aromatic carbocycles. The molecule has 0 spiro atoms. The smallest absolute Gasteiger partial charge is 0.309 e. The van der Waals surface area contributed by atoms with Gasteiger partial charge in [0.1, 0.15) is 6.61 Å². The van der Waals surface area contributed by atoms with Crippen LogP contribution in [0.15, 0.2) is 48.8 Å². The number of aryl methyl sites for hydroxylation is 1. The van der Waals surface area contributed by atoms with Crippen molar-refractivity contribution < 1.29 is 9.53 Å². The standard InChI is InChI=1S/C18H20N2O2/c1-20-12-17(11-19-20)15-8-5-9-16(10-15)18(21)22-13-14-6-3-2-4-7-14/h2-4,6-8,11-12,16H,5,9-10,13H2,1H3. The molecule has 4 nitrogen and oxygen atoms in total. The van der Waals surface area contributed by atoms with Crippen molar-refractivity contribution in [3.63, 3.8) is 0 Å². The van der Waals surface area contributed by atoms with Crippen LogP contribution in [0.4, 0.5) is 0 Å². The van der Waals surface area contributed by atoms with Crippen molar-refractivity contribution in [2.45, 2.75) is 25.9 Å². The van der Waals surface area contributed by atoms with Crippen LogP contribution in [0.5, 0.6) is 0 Å². The largest absolute Gasteiger partial charge is 0.461 e. The molecule has 0 amide bonds. The highest BCUT2D eigenvalue weighted by atomic mass is 16.5. The van der Waals surface area contributed by atoms with Crippen LogP contribution in [0.2, 0.25) is 0 Å². The quantitative estimate of drug-likeness (QED) is 0.813. The van der Waals surface area contributed by atoms with Crippen molar-refractivity contribution in [1.29, 1.82) is 0 Å². The van der Waals surface area contributed by atoms with Gasteiger partial charge in [-0.2, -0.15) is 5.10 Å². The third kappa shape index (κ3) is 3.45. The Kier molecular flexibility index (Phi) is 4.37. The van der Waals surface area contributed by atoms with Gasteiger partial charge in [-0.05, 0) is 30.4 Å². The Labute approximate surface area is 130 Å². The highest BCUT2D eigenvalue weighted by Crippen LogP contribution is 2.31. The highest BCUT2D eigenvalue weighted by molar-refractivity contribution is 5.77. The maximum absolute atomic E-state index is 12.3. The lowest BCUT2D eigenvalue weighted by Gasteiger charge is -2.21. The van der Waals surface area contributed by atoms with E-state index in [1.807, 2.05) is 49.8 Å². The Bertz CT molecular complexity index is 673. The van der Waals surface area contributed by atoms with Gasteiger partial charge in [0.25, 0.3) is 0 Å². The molecule has 0 aliphatic heterocycles. The molecule has 1 heterocycles. The molecule has 22 heavy (non-hydrogen) atoms. The van der Waals surface area contributed by atoms with Crippen LogP contribution >= 0.6 is 0 Å². The van der Waals surface area contributed by atoms with Gasteiger partial charge >= 0.3 is 5.97 Å². The van der Waals surface area contributed by atoms with E-state index in [1.54, 1.807) is 4.68 Å². The van der Waals surface area contributed by atoms with Gasteiger partial charge in [-0.15, -0.1) is 0 Å². The Morgan fingerprint density at radius 1 is 1.36 bits per heavy atom. The zero-order valence-electron chi connectivity index (χ0n) is 12.7. The lowest BCUT2D eigenvalue weighted by Crippen LogP contribution is -2.20. The number of benzene rings is 1. The minimum absolute atomic E-state index is 0.0519. The Morgan fingerprint density at radius 2 is 2.18 bits per heavy atom. The van der Waals surface area contributed by atoms with Crippen molar-refractivity contribution in [1.82, 2.24) is 9.78 Å². The van der Waals surface area contributed by atoms with Gasteiger partial charge in [0.05, 0.1) is 12.1 Å². The van der Waals surface area contributed by atoms with E-state index < -0.39 is 0 Å². The van der Waals surface area contributed by atoms with Crippen molar-refractivity contribution in [2.24, 2.45) is 13.0 Å². The maximum Gasteiger partial charge on any atom is 0.309 e. The Balaban J connectivity index is 1.59. The zero-order valence-corrected chi connectivity index (χ0v) is 12.7. The fraction of sp³-hybridized carbons (Fsp3) is 0.333. The molecule has 4 heteroatoms. The molecule has 0 radical (unpaired) electrons. The Morgan fingerprint density at radius 3 is 2.91 bits per heavy atom. The van der Waals surface area contributed by atoms with E-state index in [1.165, 1.54) is 5.57 Å². The number of esters is 1. The van der Waals surface area contributed by atoms with Crippen LogP contribution in [-0.2, 0) is 23.2 Å². The number of ether oxygens (including phenoxy) is 1. The summed E-state index contributed by atoms with van der Waals surface area (Å²) in [6.45, 7) is 0.349. The summed E-state index contributed by atoms with van der Waals surface area (Å²) >= 11 is 0. The molecule has 0 N–H and O–H groups in total. The fourth-order valence-corrected chi connectivity index (χ4v) is 2.78. The van der Waals surface area contributed by atoms with E-state index in [4.69, 9.17) is 4.74 Å². The molecule has 1 aliphatic carbocycles. The second kappa shape index (κ2) is 6.60. The summed E-state index contributed by atoms with van der Waals surface area (Å²) in [6.07, 6.45) is 8.55. The van der Waals surface area contributed by atoms with Gasteiger partial charge < -0.3 is 4.74 Å². The van der Waals surface area contributed by atoms with Gasteiger partial charge in [-0.1, -0.05) is 36.4 Å². The van der Waals surface area contributed by atoms with Crippen LogP contribution in [0.25, 0.3) is 5.57 Å². The molecule has 2 aromatic rings. The van der Waals surface area contributed by atoms with Crippen LogP contribution < -0.4 is 0 Å². The maximum atomic E-state index is 12.3. The third-order valence-corrected chi connectivity index (χ3v) is 4.01. The predicted octanol–water partition coefficient (Wildman–Crippen LogP) is 3.35. The van der Waals surface area contributed by atoms with Crippen molar-refractivity contribution in [3.8, 4) is 0 Å². The van der Waals surface area contributed by atoms with E-state index in [0.29, 0.717) is 6.61 Å². The van der Waals surface area contributed by atoms with Gasteiger partial charge in [-0.25, -0.2) is 0 Å². The van der Waals surface area contributed by atoms with Gasteiger partial charge in [-0.3, -0.25) is 9.48 Å². The summed E-state index contributed by atoms with van der Waals surface area (Å²) in [5.41, 5.74) is 3.32. The first kappa shape index (κ1) is 14.6. The minimum atomic E-state index is -0.0988. The minimum Gasteiger partial charge on any atom is -0.461 e. The van der Waals surface area contributed by atoms with E-state index in [9.17, 15) is 4.79 Å². The number of carbonyl (C=O) groups is 1. The average Bonchev–Trinajstić information content (AvgIpc) is 3.00. The summed E-state index contributed by atoms with van der Waals surface area (Å²) in [4.78, 5) is 12.3. The fourth-order valence-electron chi connectivity index (χ4n) is 2.78.